The number of nitrogens with one attached hydrogen (secondary N) is 1. The monoisotopic (exact) mass is 380 g/mol. The number of carbonyl (C=O) groups excluding carboxylic acids is 1. The van der Waals surface area contributed by atoms with E-state index >= 15 is 0 Å². The molecule has 1 fully saturated rings. The van der Waals surface area contributed by atoms with Gasteiger partial charge >= 0.3 is 5.97 Å². The summed E-state index contributed by atoms with van der Waals surface area (Å²) in [6.07, 6.45) is 6.91. The van der Waals surface area contributed by atoms with Crippen molar-refractivity contribution in [2.24, 2.45) is 0 Å². The second-order valence-corrected chi connectivity index (χ2v) is 8.08. The Kier molecular flexibility index (Phi) is 5.20. The normalized spacial score (nSPS) is 20.1. The molecule has 0 radical (unpaired) electrons. The van der Waals surface area contributed by atoms with Crippen molar-refractivity contribution in [3.8, 4) is 0 Å². The van der Waals surface area contributed by atoms with Crippen LogP contribution in [0.15, 0.2) is 41.9 Å². The molecule has 0 amide bonds. The summed E-state index contributed by atoms with van der Waals surface area (Å²) in [5.41, 5.74) is 3.66. The first-order valence-corrected chi connectivity index (χ1v) is 10.2. The van der Waals surface area contributed by atoms with Gasteiger partial charge in [-0.25, -0.2) is 9.48 Å². The number of allylic oxidation sites excluding steroid dienone is 1. The second-order valence-electron chi connectivity index (χ2n) is 8.08. The van der Waals surface area contributed by atoms with Crippen LogP contribution in [0.3, 0.4) is 0 Å². The first kappa shape index (κ1) is 18.7. The predicted octanol–water partition coefficient (Wildman–Crippen LogP) is 4.57. The summed E-state index contributed by atoms with van der Waals surface area (Å²) in [6, 6.07) is 8.07. The average molecular weight is 380 g/mol. The van der Waals surface area contributed by atoms with Crippen molar-refractivity contribution in [2.75, 3.05) is 5.32 Å². The number of ether oxygens (including phenoxy) is 1. The van der Waals surface area contributed by atoms with Crippen LogP contribution in [-0.4, -0.2) is 26.8 Å². The summed E-state index contributed by atoms with van der Waals surface area (Å²) in [5, 5.41) is 7.59. The number of esters is 1. The second kappa shape index (κ2) is 7.78. The molecular weight excluding hydrogens is 352 g/mol. The van der Waals surface area contributed by atoms with Crippen molar-refractivity contribution in [2.45, 2.75) is 70.9 Å². The van der Waals surface area contributed by atoms with Gasteiger partial charge in [0.05, 0.1) is 5.57 Å². The Balaban J connectivity index is 1.68. The third kappa shape index (κ3) is 3.55. The third-order valence-corrected chi connectivity index (χ3v) is 5.76. The Morgan fingerprint density at radius 2 is 1.89 bits per heavy atom. The van der Waals surface area contributed by atoms with Gasteiger partial charge in [-0.1, -0.05) is 44.5 Å². The Labute approximate surface area is 166 Å². The van der Waals surface area contributed by atoms with Crippen LogP contribution in [0.1, 0.15) is 76.0 Å². The van der Waals surface area contributed by atoms with E-state index in [4.69, 9.17) is 4.74 Å². The van der Waals surface area contributed by atoms with E-state index in [1.807, 2.05) is 6.92 Å². The zero-order valence-corrected chi connectivity index (χ0v) is 16.8. The maximum Gasteiger partial charge on any atom is 0.338 e. The number of anilines is 1. The van der Waals surface area contributed by atoms with E-state index in [0.717, 1.165) is 36.9 Å². The Morgan fingerprint density at radius 1 is 1.18 bits per heavy atom. The molecule has 2 aliphatic rings. The average Bonchev–Trinajstić information content (AvgIpc) is 3.15. The van der Waals surface area contributed by atoms with Gasteiger partial charge in [0.25, 0.3) is 0 Å². The fraction of sp³-hybridized carbons (Fsp3) is 0.500. The molecule has 6 heteroatoms. The van der Waals surface area contributed by atoms with Crippen LogP contribution in [0.5, 0.6) is 0 Å². The quantitative estimate of drug-likeness (QED) is 0.787. The highest BCUT2D eigenvalue weighted by molar-refractivity contribution is 5.92. The van der Waals surface area contributed by atoms with Crippen LogP contribution < -0.4 is 5.32 Å². The minimum absolute atomic E-state index is 0.0164. The molecule has 2 heterocycles. The topological polar surface area (TPSA) is 69.0 Å². The van der Waals surface area contributed by atoms with Crippen LogP contribution in [0.2, 0.25) is 0 Å². The predicted molar refractivity (Wildman–Crippen MR) is 108 cm³/mol. The highest BCUT2D eigenvalue weighted by atomic mass is 16.5. The highest BCUT2D eigenvalue weighted by Crippen LogP contribution is 2.36. The smallest absolute Gasteiger partial charge is 0.338 e. The molecule has 1 aromatic heterocycles. The highest BCUT2D eigenvalue weighted by Gasteiger charge is 2.35. The zero-order chi connectivity index (χ0) is 19.7. The Morgan fingerprint density at radius 3 is 2.57 bits per heavy atom. The minimum atomic E-state index is -0.337. The molecule has 1 saturated carbocycles. The largest absolute Gasteiger partial charge is 0.459 e. The van der Waals surface area contributed by atoms with Crippen molar-refractivity contribution in [3.05, 3.63) is 53.0 Å². The van der Waals surface area contributed by atoms with Gasteiger partial charge in [0.1, 0.15) is 18.5 Å². The number of rotatable bonds is 4. The number of fused-ring (bicyclic) bond motifs is 1. The molecule has 1 N–H and O–H groups in total. The van der Waals surface area contributed by atoms with E-state index in [0.29, 0.717) is 17.4 Å². The molecule has 148 valence electrons. The summed E-state index contributed by atoms with van der Waals surface area (Å²) >= 11 is 0. The van der Waals surface area contributed by atoms with Gasteiger partial charge in [0, 0.05) is 5.70 Å². The lowest BCUT2D eigenvalue weighted by Gasteiger charge is -2.30. The molecule has 0 saturated heterocycles. The number of nitrogens with zero attached hydrogens (tertiary/aromatic N) is 3. The summed E-state index contributed by atoms with van der Waals surface area (Å²) < 4.78 is 7.68. The lowest BCUT2D eigenvalue weighted by molar-refractivity contribution is -0.146. The summed E-state index contributed by atoms with van der Waals surface area (Å²) in [4.78, 5) is 17.5. The van der Waals surface area contributed by atoms with E-state index in [9.17, 15) is 4.79 Å². The van der Waals surface area contributed by atoms with Crippen LogP contribution in [0.4, 0.5) is 5.95 Å². The molecular formula is C22H28N4O2. The number of hydrogen-bond acceptors (Lipinski definition) is 5. The number of aromatic nitrogens is 3. The van der Waals surface area contributed by atoms with Crippen LogP contribution in [0, 0.1) is 0 Å². The van der Waals surface area contributed by atoms with Crippen LogP contribution in [0.25, 0.3) is 0 Å². The molecule has 1 aliphatic heterocycles. The van der Waals surface area contributed by atoms with Gasteiger partial charge in [-0.2, -0.15) is 10.1 Å². The van der Waals surface area contributed by atoms with E-state index in [1.54, 1.807) is 4.68 Å². The van der Waals surface area contributed by atoms with Crippen molar-refractivity contribution < 1.29 is 9.53 Å². The molecule has 6 nitrogen and oxygen atoms in total. The van der Waals surface area contributed by atoms with Crippen molar-refractivity contribution >= 4 is 11.9 Å². The molecule has 28 heavy (non-hydrogen) atoms. The lowest BCUT2D eigenvalue weighted by atomic mass is 9.93. The fourth-order valence-corrected chi connectivity index (χ4v) is 4.12. The van der Waals surface area contributed by atoms with E-state index < -0.39 is 0 Å². The molecule has 0 bridgehead atoms. The third-order valence-electron chi connectivity index (χ3n) is 5.76. The van der Waals surface area contributed by atoms with Crippen LogP contribution >= 0.6 is 0 Å². The standard InChI is InChI=1S/C22H28N4O2/c1-14(2)16-9-11-17(12-10-16)20-19(15(3)25-22-23-13-24-26(20)22)21(27)28-18-7-5-4-6-8-18/h9-14,18,20H,4-8H2,1-3H3,(H,23,24,25). The maximum absolute atomic E-state index is 13.2. The molecule has 2 aromatic rings. The zero-order valence-electron chi connectivity index (χ0n) is 16.8. The maximum atomic E-state index is 13.2. The summed E-state index contributed by atoms with van der Waals surface area (Å²) in [7, 11) is 0. The van der Waals surface area contributed by atoms with Crippen LogP contribution in [-0.2, 0) is 9.53 Å². The lowest BCUT2D eigenvalue weighted by Crippen LogP contribution is -2.32. The molecule has 1 aromatic carbocycles. The van der Waals surface area contributed by atoms with Gasteiger partial charge in [0.2, 0.25) is 5.95 Å². The van der Waals surface area contributed by atoms with E-state index in [2.05, 4.69) is 53.5 Å². The van der Waals surface area contributed by atoms with Gasteiger partial charge < -0.3 is 10.1 Å². The number of carbonyl (C=O) groups is 1. The van der Waals surface area contributed by atoms with Gasteiger partial charge in [-0.05, 0) is 49.7 Å². The minimum Gasteiger partial charge on any atom is -0.459 e. The fourth-order valence-electron chi connectivity index (χ4n) is 4.12. The summed E-state index contributed by atoms with van der Waals surface area (Å²) in [5.74, 6) is 0.845. The van der Waals surface area contributed by atoms with Gasteiger partial charge in [-0.15, -0.1) is 0 Å². The van der Waals surface area contributed by atoms with E-state index in [1.165, 1.54) is 18.3 Å². The van der Waals surface area contributed by atoms with Gasteiger partial charge in [-0.3, -0.25) is 0 Å². The molecule has 1 atom stereocenters. The number of benzene rings is 1. The molecule has 0 spiro atoms. The first-order chi connectivity index (χ1) is 13.5. The molecule has 1 unspecified atom stereocenters. The molecule has 1 aliphatic carbocycles. The Bertz CT molecular complexity index is 876. The van der Waals surface area contributed by atoms with E-state index in [-0.39, 0.29) is 18.1 Å². The summed E-state index contributed by atoms with van der Waals surface area (Å²) in [6.45, 7) is 6.25. The van der Waals surface area contributed by atoms with Gasteiger partial charge in [0.15, 0.2) is 0 Å². The SMILES string of the molecule is CC1=C(C(=O)OC2CCCCC2)C(c2ccc(C(C)C)cc2)n2ncnc2N1. The van der Waals surface area contributed by atoms with Crippen molar-refractivity contribution in [1.82, 2.24) is 14.8 Å². The molecule has 4 rings (SSSR count). The first-order valence-electron chi connectivity index (χ1n) is 10.2. The number of hydrogen-bond donors (Lipinski definition) is 1. The Hall–Kier alpha value is -2.63. The van der Waals surface area contributed by atoms with Crippen molar-refractivity contribution in [1.29, 1.82) is 0 Å². The van der Waals surface area contributed by atoms with Crippen molar-refractivity contribution in [3.63, 3.8) is 0 Å².